The van der Waals surface area contributed by atoms with Gasteiger partial charge in [-0.1, -0.05) is 61.2 Å². The Morgan fingerprint density at radius 2 is 1.86 bits per heavy atom. The highest BCUT2D eigenvalue weighted by atomic mass is 79.9. The van der Waals surface area contributed by atoms with Crippen molar-refractivity contribution in [1.82, 2.24) is 10.4 Å². The zero-order chi connectivity index (χ0) is 24.6. The molecule has 6 nitrogen and oxygen atoms in total. The van der Waals surface area contributed by atoms with Gasteiger partial charge >= 0.3 is 0 Å². The highest BCUT2D eigenvalue weighted by molar-refractivity contribution is 9.10. The number of hydrogen-bond donors (Lipinski definition) is 1. The minimum Gasteiger partial charge on any atom is -0.490 e. The molecule has 1 N–H and O–H groups in total. The lowest BCUT2D eigenvalue weighted by molar-refractivity contribution is 0.0956. The number of rotatable bonds is 9. The van der Waals surface area contributed by atoms with E-state index in [1.54, 1.807) is 24.4 Å². The van der Waals surface area contributed by atoms with Crippen molar-refractivity contribution in [3.8, 4) is 22.8 Å². The molecule has 35 heavy (non-hydrogen) atoms. The molecule has 0 saturated carbocycles. The molecule has 0 unspecified atom stereocenters. The minimum atomic E-state index is -0.327. The van der Waals surface area contributed by atoms with Gasteiger partial charge in [-0.25, -0.2) is 10.4 Å². The Morgan fingerprint density at radius 1 is 1.09 bits per heavy atom. The van der Waals surface area contributed by atoms with Crippen molar-refractivity contribution in [2.45, 2.75) is 6.92 Å². The van der Waals surface area contributed by atoms with Gasteiger partial charge in [0.25, 0.3) is 5.91 Å². The lowest BCUT2D eigenvalue weighted by atomic mass is 10.0. The number of carbonyl (C=O) groups is 1. The van der Waals surface area contributed by atoms with Crippen LogP contribution in [0.3, 0.4) is 0 Å². The largest absolute Gasteiger partial charge is 0.490 e. The number of nitrogens with one attached hydrogen (secondary N) is 1. The normalized spacial score (nSPS) is 10.9. The van der Waals surface area contributed by atoms with Crippen LogP contribution in [0.2, 0.25) is 0 Å². The first-order valence-electron chi connectivity index (χ1n) is 11.1. The van der Waals surface area contributed by atoms with E-state index in [0.717, 1.165) is 27.7 Å². The number of nitrogens with zero attached hydrogens (tertiary/aromatic N) is 2. The zero-order valence-electron chi connectivity index (χ0n) is 19.2. The summed E-state index contributed by atoms with van der Waals surface area (Å²) >= 11 is 3.52. The molecule has 0 aliphatic rings. The number of pyridine rings is 1. The molecule has 0 saturated heterocycles. The summed E-state index contributed by atoms with van der Waals surface area (Å²) < 4.78 is 12.1. The molecule has 0 bridgehead atoms. The van der Waals surface area contributed by atoms with Crippen LogP contribution in [0.4, 0.5) is 0 Å². The summed E-state index contributed by atoms with van der Waals surface area (Å²) in [7, 11) is 0. The molecule has 4 aromatic rings. The Labute approximate surface area is 212 Å². The van der Waals surface area contributed by atoms with Gasteiger partial charge in [0.15, 0.2) is 11.5 Å². The predicted octanol–water partition coefficient (Wildman–Crippen LogP) is 6.39. The van der Waals surface area contributed by atoms with Crippen LogP contribution in [0.25, 0.3) is 22.2 Å². The van der Waals surface area contributed by atoms with E-state index >= 15 is 0 Å². The third-order valence-corrected chi connectivity index (χ3v) is 5.68. The van der Waals surface area contributed by atoms with E-state index in [1.807, 2.05) is 67.6 Å². The number of fused-ring (bicyclic) bond motifs is 1. The lowest BCUT2D eigenvalue weighted by Gasteiger charge is -2.13. The third kappa shape index (κ3) is 5.75. The first-order valence-corrected chi connectivity index (χ1v) is 11.9. The SMILES string of the molecule is C=CCOc1c(Br)cc(/C=N\NC(=O)c2cc(-c3ccccc3)nc3ccccc23)cc1OCC. The first kappa shape index (κ1) is 24.2. The average molecular weight is 530 g/mol. The molecule has 1 amide bonds. The Balaban J connectivity index is 1.60. The average Bonchev–Trinajstić information content (AvgIpc) is 2.88. The van der Waals surface area contributed by atoms with Crippen LogP contribution in [0.5, 0.6) is 11.5 Å². The molecule has 176 valence electrons. The predicted molar refractivity (Wildman–Crippen MR) is 143 cm³/mol. The van der Waals surface area contributed by atoms with Crippen molar-refractivity contribution >= 4 is 39.0 Å². The van der Waals surface area contributed by atoms with Gasteiger partial charge < -0.3 is 9.47 Å². The highest BCUT2D eigenvalue weighted by Crippen LogP contribution is 2.36. The molecule has 0 aliphatic carbocycles. The maximum Gasteiger partial charge on any atom is 0.272 e. The van der Waals surface area contributed by atoms with Crippen LogP contribution in [-0.4, -0.2) is 30.3 Å². The molecule has 0 aliphatic heterocycles. The Bertz CT molecular complexity index is 1390. The summed E-state index contributed by atoms with van der Waals surface area (Å²) in [6, 6.07) is 22.8. The molecular weight excluding hydrogens is 506 g/mol. The molecule has 1 heterocycles. The Kier molecular flexibility index (Phi) is 7.90. The zero-order valence-corrected chi connectivity index (χ0v) is 20.8. The molecule has 3 aromatic carbocycles. The second-order valence-electron chi connectivity index (χ2n) is 7.50. The second-order valence-corrected chi connectivity index (χ2v) is 8.35. The number of ether oxygens (including phenoxy) is 2. The fourth-order valence-corrected chi connectivity index (χ4v) is 4.13. The minimum absolute atomic E-state index is 0.327. The Hall–Kier alpha value is -3.97. The number of hydrogen-bond acceptors (Lipinski definition) is 5. The summed E-state index contributed by atoms with van der Waals surface area (Å²) in [5.41, 5.74) is 6.26. The molecule has 0 fully saturated rings. The van der Waals surface area contributed by atoms with Gasteiger partial charge in [-0.3, -0.25) is 4.79 Å². The lowest BCUT2D eigenvalue weighted by Crippen LogP contribution is -2.18. The number of hydrazone groups is 1. The van der Waals surface area contributed by atoms with Crippen molar-refractivity contribution in [2.24, 2.45) is 5.10 Å². The molecule has 4 rings (SSSR count). The number of para-hydroxylation sites is 1. The molecule has 0 atom stereocenters. The van der Waals surface area contributed by atoms with Gasteiger partial charge in [-0.2, -0.15) is 5.10 Å². The van der Waals surface area contributed by atoms with Crippen molar-refractivity contribution < 1.29 is 14.3 Å². The molecule has 0 radical (unpaired) electrons. The smallest absolute Gasteiger partial charge is 0.272 e. The third-order valence-electron chi connectivity index (χ3n) is 5.09. The molecular formula is C28H24BrN3O3. The fourth-order valence-electron chi connectivity index (χ4n) is 3.55. The topological polar surface area (TPSA) is 72.8 Å². The number of carbonyl (C=O) groups excluding carboxylic acids is 1. The van der Waals surface area contributed by atoms with Crippen LogP contribution < -0.4 is 14.9 Å². The van der Waals surface area contributed by atoms with Crippen LogP contribution >= 0.6 is 15.9 Å². The van der Waals surface area contributed by atoms with Gasteiger partial charge in [0.1, 0.15) is 6.61 Å². The van der Waals surface area contributed by atoms with E-state index in [1.165, 1.54) is 0 Å². The molecule has 1 aromatic heterocycles. The van der Waals surface area contributed by atoms with Gasteiger partial charge in [0, 0.05) is 10.9 Å². The van der Waals surface area contributed by atoms with E-state index in [-0.39, 0.29) is 5.91 Å². The summed E-state index contributed by atoms with van der Waals surface area (Å²) in [6.45, 7) is 6.41. The van der Waals surface area contributed by atoms with Crippen molar-refractivity contribution in [1.29, 1.82) is 0 Å². The number of halogens is 1. The van der Waals surface area contributed by atoms with Crippen molar-refractivity contribution in [3.05, 3.63) is 101 Å². The maximum atomic E-state index is 13.1. The van der Waals surface area contributed by atoms with Crippen LogP contribution in [0, 0.1) is 0 Å². The van der Waals surface area contributed by atoms with Gasteiger partial charge in [0.05, 0.1) is 34.1 Å². The summed E-state index contributed by atoms with van der Waals surface area (Å²) in [5.74, 6) is 0.834. The monoisotopic (exact) mass is 529 g/mol. The van der Waals surface area contributed by atoms with Crippen LogP contribution in [0.1, 0.15) is 22.8 Å². The number of aromatic nitrogens is 1. The summed E-state index contributed by atoms with van der Waals surface area (Å²) in [5, 5.41) is 4.94. The standard InChI is InChI=1S/C28H24BrN3O3/c1-3-14-35-27-23(29)15-19(16-26(27)34-4-2)18-30-32-28(33)22-17-25(20-10-6-5-7-11-20)31-24-13-9-8-12-21(22)24/h3,5-13,15-18H,1,4,14H2,2H3,(H,32,33)/b30-18-. The number of benzene rings is 3. The van der Waals surface area contributed by atoms with E-state index in [9.17, 15) is 4.79 Å². The Morgan fingerprint density at radius 3 is 2.63 bits per heavy atom. The first-order chi connectivity index (χ1) is 17.1. The van der Waals surface area contributed by atoms with Crippen LogP contribution in [0.15, 0.2) is 95.0 Å². The van der Waals surface area contributed by atoms with E-state index in [0.29, 0.717) is 34.7 Å². The van der Waals surface area contributed by atoms with Gasteiger partial charge in [-0.15, -0.1) is 0 Å². The number of amides is 1. The molecule has 7 heteroatoms. The van der Waals surface area contributed by atoms with E-state index < -0.39 is 0 Å². The summed E-state index contributed by atoms with van der Waals surface area (Å²) in [4.78, 5) is 17.9. The van der Waals surface area contributed by atoms with Crippen LogP contribution in [-0.2, 0) is 0 Å². The van der Waals surface area contributed by atoms with Gasteiger partial charge in [0.2, 0.25) is 0 Å². The maximum absolute atomic E-state index is 13.1. The quantitative estimate of drug-likeness (QED) is 0.155. The van der Waals surface area contributed by atoms with E-state index in [4.69, 9.17) is 14.5 Å². The van der Waals surface area contributed by atoms with Crippen molar-refractivity contribution in [2.75, 3.05) is 13.2 Å². The van der Waals surface area contributed by atoms with Crippen molar-refractivity contribution in [3.63, 3.8) is 0 Å². The van der Waals surface area contributed by atoms with E-state index in [2.05, 4.69) is 33.0 Å². The molecule has 0 spiro atoms. The summed E-state index contributed by atoms with van der Waals surface area (Å²) in [6.07, 6.45) is 3.23. The highest BCUT2D eigenvalue weighted by Gasteiger charge is 2.14. The fraction of sp³-hybridized carbons (Fsp3) is 0.107. The van der Waals surface area contributed by atoms with Gasteiger partial charge in [-0.05, 0) is 52.7 Å². The second kappa shape index (κ2) is 11.4.